The van der Waals surface area contributed by atoms with Crippen LogP contribution in [0.1, 0.15) is 97.6 Å². The largest absolute Gasteiger partial charge is 0.493 e. The van der Waals surface area contributed by atoms with Gasteiger partial charge in [-0.3, -0.25) is 58.7 Å². The molecule has 2 aromatic heterocycles. The van der Waals surface area contributed by atoms with Crippen molar-refractivity contribution in [1.82, 2.24) is 35.2 Å². The van der Waals surface area contributed by atoms with E-state index in [1.54, 1.807) is 23.5 Å². The Morgan fingerprint density at radius 3 is 2.42 bits per heavy atom. The molecule has 8 rings (SSSR count). The van der Waals surface area contributed by atoms with Crippen molar-refractivity contribution in [3.05, 3.63) is 120 Å². The minimum Gasteiger partial charge on any atom is -0.493 e. The summed E-state index contributed by atoms with van der Waals surface area (Å²) in [5.74, 6) is -2.24. The standard InChI is InChI=1S/C47H46ClN9O11S/c1-24-25(2)69-47-40(24)42(27-11-13-29(48)14-12-27)50-31(43-53-52-26(3)55(43)47)20-39(60)54(22-28-19-35(66-4)36(67-5)21-33(28)57(64)65)18-7-6-17-49-38(59)23-68-34-10-8-9-30-41(34)46(63)56(45(30)62)32-15-16-37(58)51-44(32)61/h8-14,19,21,31-32H,6-7,15-18,20,22-23H2,1-5H3,(H,49,59)(H,51,58,61). The van der Waals surface area contributed by atoms with Crippen LogP contribution in [0.2, 0.25) is 5.02 Å². The molecule has 3 aromatic carbocycles. The molecular weight excluding hydrogens is 934 g/mol. The van der Waals surface area contributed by atoms with Crippen LogP contribution in [0.4, 0.5) is 5.69 Å². The number of nitro groups is 1. The van der Waals surface area contributed by atoms with Crippen molar-refractivity contribution in [2.24, 2.45) is 4.99 Å². The van der Waals surface area contributed by atoms with Crippen molar-refractivity contribution < 1.29 is 47.9 Å². The number of nitrogens with one attached hydrogen (secondary N) is 2. The van der Waals surface area contributed by atoms with E-state index in [1.807, 2.05) is 37.5 Å². The number of thiophene rings is 1. The van der Waals surface area contributed by atoms with E-state index in [9.17, 15) is 38.9 Å². The van der Waals surface area contributed by atoms with Crippen LogP contribution in [-0.2, 0) is 25.7 Å². The number of rotatable bonds is 17. The summed E-state index contributed by atoms with van der Waals surface area (Å²) in [7, 11) is 2.77. The Labute approximate surface area is 403 Å². The number of aryl methyl sites for hydroxylation is 2. The van der Waals surface area contributed by atoms with E-state index in [1.165, 1.54) is 49.5 Å². The highest BCUT2D eigenvalue weighted by molar-refractivity contribution is 7.15. The molecule has 1 fully saturated rings. The molecule has 0 bridgehead atoms. The molecule has 6 amide bonds. The van der Waals surface area contributed by atoms with E-state index in [0.717, 1.165) is 31.5 Å². The van der Waals surface area contributed by atoms with Gasteiger partial charge in [0.25, 0.3) is 23.4 Å². The summed E-state index contributed by atoms with van der Waals surface area (Å²) in [6.07, 6.45) is 0.484. The van der Waals surface area contributed by atoms with E-state index < -0.39 is 53.1 Å². The van der Waals surface area contributed by atoms with E-state index in [4.69, 9.17) is 30.8 Å². The molecule has 20 nitrogen and oxygen atoms in total. The normalized spacial score (nSPS) is 16.2. The van der Waals surface area contributed by atoms with Gasteiger partial charge in [-0.05, 0) is 75.9 Å². The zero-order chi connectivity index (χ0) is 49.3. The average Bonchev–Trinajstić information content (AvgIpc) is 3.91. The lowest BCUT2D eigenvalue weighted by molar-refractivity contribution is -0.385. The predicted octanol–water partition coefficient (Wildman–Crippen LogP) is 5.52. The van der Waals surface area contributed by atoms with Gasteiger partial charge in [0.15, 0.2) is 23.9 Å². The van der Waals surface area contributed by atoms with Crippen LogP contribution in [-0.4, -0.2) is 111 Å². The number of piperidine rings is 1. The molecule has 0 radical (unpaired) electrons. The second kappa shape index (κ2) is 20.0. The molecule has 2 unspecified atom stereocenters. The first-order chi connectivity index (χ1) is 33.1. The molecule has 22 heteroatoms. The quantitative estimate of drug-likeness (QED) is 0.0505. The second-order valence-electron chi connectivity index (χ2n) is 16.5. The number of aliphatic imine (C=N–C) groups is 1. The number of amides is 6. The van der Waals surface area contributed by atoms with Gasteiger partial charge in [-0.15, -0.1) is 21.5 Å². The van der Waals surface area contributed by atoms with Gasteiger partial charge in [0.2, 0.25) is 17.7 Å². The van der Waals surface area contributed by atoms with Crippen LogP contribution < -0.4 is 24.8 Å². The first-order valence-corrected chi connectivity index (χ1v) is 23.1. The number of halogens is 1. The number of aromatic nitrogens is 3. The van der Waals surface area contributed by atoms with Gasteiger partial charge in [0.05, 0.1) is 60.6 Å². The highest BCUT2D eigenvalue weighted by Crippen LogP contribution is 2.41. The third kappa shape index (κ3) is 9.51. The lowest BCUT2D eigenvalue weighted by atomic mass is 9.99. The number of ether oxygens (including phenoxy) is 3. The Bertz CT molecular complexity index is 2970. The summed E-state index contributed by atoms with van der Waals surface area (Å²) in [6, 6.07) is 12.4. The highest BCUT2D eigenvalue weighted by Gasteiger charge is 2.46. The molecule has 2 atom stereocenters. The summed E-state index contributed by atoms with van der Waals surface area (Å²) in [6.45, 7) is 5.45. The first-order valence-electron chi connectivity index (χ1n) is 21.9. The maximum absolute atomic E-state index is 14.8. The number of carbonyl (C=O) groups is 6. The molecular formula is C47H46ClN9O11S. The number of benzene rings is 3. The van der Waals surface area contributed by atoms with Crippen LogP contribution >= 0.6 is 22.9 Å². The van der Waals surface area contributed by atoms with Crippen molar-refractivity contribution in [3.8, 4) is 22.2 Å². The summed E-state index contributed by atoms with van der Waals surface area (Å²) in [5.41, 5.74) is 3.18. The number of unbranched alkanes of at least 4 members (excludes halogenated alkanes) is 1. The number of nitrogens with zero attached hydrogens (tertiary/aromatic N) is 7. The van der Waals surface area contributed by atoms with E-state index in [-0.39, 0.29) is 84.4 Å². The Balaban J connectivity index is 0.988. The SMILES string of the molecule is COc1cc(CN(CCCCNC(=O)COc2cccc3c2C(=O)N(C2CCC(=O)NC2=O)C3=O)C(=O)CC2N=C(c3ccc(Cl)cc3)c3c(sc(C)c3C)-n3c(C)nnc32)c([N+](=O)[O-])cc1OC. The molecule has 0 aliphatic carbocycles. The summed E-state index contributed by atoms with van der Waals surface area (Å²) in [5, 5.41) is 27.7. The Morgan fingerprint density at radius 2 is 1.71 bits per heavy atom. The Kier molecular flexibility index (Phi) is 13.9. The van der Waals surface area contributed by atoms with Gasteiger partial charge < -0.3 is 24.4 Å². The number of fused-ring (bicyclic) bond motifs is 4. The van der Waals surface area contributed by atoms with Gasteiger partial charge in [-0.2, -0.15) is 0 Å². The molecule has 5 aromatic rings. The number of hydrogen-bond donors (Lipinski definition) is 2. The Hall–Kier alpha value is -7.52. The fourth-order valence-electron chi connectivity index (χ4n) is 8.59. The van der Waals surface area contributed by atoms with E-state index in [0.29, 0.717) is 35.2 Å². The lowest BCUT2D eigenvalue weighted by Gasteiger charge is -2.27. The minimum absolute atomic E-state index is 0.00615. The van der Waals surface area contributed by atoms with Crippen molar-refractivity contribution in [2.45, 2.75) is 71.5 Å². The molecule has 3 aliphatic rings. The van der Waals surface area contributed by atoms with E-state index in [2.05, 4.69) is 20.8 Å². The first kappa shape index (κ1) is 48.0. The Morgan fingerprint density at radius 1 is 0.971 bits per heavy atom. The van der Waals surface area contributed by atoms with Crippen LogP contribution in [0, 0.1) is 30.9 Å². The van der Waals surface area contributed by atoms with Gasteiger partial charge in [0, 0.05) is 40.5 Å². The van der Waals surface area contributed by atoms with E-state index >= 15 is 0 Å². The maximum Gasteiger partial charge on any atom is 0.278 e. The van der Waals surface area contributed by atoms with Crippen molar-refractivity contribution in [2.75, 3.05) is 33.9 Å². The van der Waals surface area contributed by atoms with Crippen LogP contribution in [0.15, 0.2) is 59.6 Å². The number of imide groups is 2. The molecule has 3 aliphatic heterocycles. The second-order valence-corrected chi connectivity index (χ2v) is 18.1. The number of carbonyl (C=O) groups excluding carboxylic acids is 6. The third-order valence-electron chi connectivity index (χ3n) is 12.2. The molecule has 358 valence electrons. The zero-order valence-electron chi connectivity index (χ0n) is 38.1. The van der Waals surface area contributed by atoms with Crippen LogP contribution in [0.3, 0.4) is 0 Å². The molecule has 0 spiro atoms. The molecule has 69 heavy (non-hydrogen) atoms. The van der Waals surface area contributed by atoms with Crippen molar-refractivity contribution >= 4 is 69.8 Å². The van der Waals surface area contributed by atoms with Crippen molar-refractivity contribution in [1.29, 1.82) is 0 Å². The van der Waals surface area contributed by atoms with Crippen LogP contribution in [0.25, 0.3) is 5.00 Å². The fraction of sp³-hybridized carbons (Fsp3) is 0.340. The minimum atomic E-state index is -1.17. The number of hydrogen-bond acceptors (Lipinski definition) is 15. The summed E-state index contributed by atoms with van der Waals surface area (Å²) < 4.78 is 18.5. The zero-order valence-corrected chi connectivity index (χ0v) is 39.7. The van der Waals surface area contributed by atoms with Gasteiger partial charge in [-0.25, -0.2) is 0 Å². The summed E-state index contributed by atoms with van der Waals surface area (Å²) >= 11 is 7.87. The maximum atomic E-state index is 14.8. The average molecular weight is 980 g/mol. The van der Waals surface area contributed by atoms with Crippen molar-refractivity contribution in [3.63, 3.8) is 0 Å². The number of methoxy groups -OCH3 is 2. The molecule has 5 heterocycles. The fourth-order valence-corrected chi connectivity index (χ4v) is 9.93. The smallest absolute Gasteiger partial charge is 0.278 e. The lowest BCUT2D eigenvalue weighted by Crippen LogP contribution is -2.54. The predicted molar refractivity (Wildman–Crippen MR) is 250 cm³/mol. The summed E-state index contributed by atoms with van der Waals surface area (Å²) in [4.78, 5) is 99.2. The molecule has 0 saturated carbocycles. The monoisotopic (exact) mass is 979 g/mol. The number of nitro benzene ring substituents is 1. The third-order valence-corrected chi connectivity index (χ3v) is 13.6. The van der Waals surface area contributed by atoms with Crippen LogP contribution in [0.5, 0.6) is 17.2 Å². The van der Waals surface area contributed by atoms with Gasteiger partial charge in [-0.1, -0.05) is 29.8 Å². The molecule has 1 saturated heterocycles. The van der Waals surface area contributed by atoms with Gasteiger partial charge >= 0.3 is 0 Å². The molecule has 2 N–H and O–H groups in total. The highest BCUT2D eigenvalue weighted by atomic mass is 35.5. The van der Waals surface area contributed by atoms with Gasteiger partial charge in [0.1, 0.15) is 28.7 Å². The topological polar surface area (TPSA) is 247 Å².